The Balaban J connectivity index is 1.52. The summed E-state index contributed by atoms with van der Waals surface area (Å²) in [5.74, 6) is 0.914. The number of aromatic nitrogens is 3. The first kappa shape index (κ1) is 29.8. The molecule has 0 aliphatic carbocycles. The first-order valence-corrected chi connectivity index (χ1v) is 15.4. The van der Waals surface area contributed by atoms with Crippen LogP contribution in [0.4, 0.5) is 0 Å². The van der Waals surface area contributed by atoms with Crippen LogP contribution in [-0.2, 0) is 9.53 Å². The quantitative estimate of drug-likeness (QED) is 0.214. The van der Waals surface area contributed by atoms with Crippen LogP contribution in [0.25, 0.3) is 23.0 Å². The van der Waals surface area contributed by atoms with Crippen LogP contribution in [-0.4, -0.2) is 41.1 Å². The summed E-state index contributed by atoms with van der Waals surface area (Å²) in [7, 11) is 2.91. The zero-order valence-corrected chi connectivity index (χ0v) is 26.2. The van der Waals surface area contributed by atoms with Crippen LogP contribution in [0.2, 0.25) is 0 Å². The zero-order valence-electron chi connectivity index (χ0n) is 25.4. The largest absolute Gasteiger partial charge is 0.497 e. The normalized spacial score (nSPS) is 14.6. The number of rotatable bonds is 9. The van der Waals surface area contributed by atoms with E-state index >= 15 is 0 Å². The molecule has 0 radical (unpaired) electrons. The average Bonchev–Trinajstić information content (AvgIpc) is 3.63. The number of hydrogen-bond acceptors (Lipinski definition) is 8. The Kier molecular flexibility index (Phi) is 8.48. The highest BCUT2D eigenvalue weighted by Crippen LogP contribution is 2.32. The second-order valence-corrected chi connectivity index (χ2v) is 11.4. The lowest BCUT2D eigenvalue weighted by molar-refractivity contribution is -0.136. The number of methoxy groups -OCH3 is 2. The predicted molar refractivity (Wildman–Crippen MR) is 174 cm³/mol. The number of carbonyl (C=O) groups excluding carboxylic acids is 1. The lowest BCUT2D eigenvalue weighted by Crippen LogP contribution is -2.39. The Bertz CT molecular complexity index is 2060. The SMILES string of the molecule is CCCOc1ccc(-c2nn(-c3ccccc3)cc2/C=c2\sc3n(c2=O)C(c2ccc(OC)cc2)C(C(=O)OC)=C(C)N=3)cc1. The van der Waals surface area contributed by atoms with Crippen LogP contribution in [0.3, 0.4) is 0 Å². The monoisotopic (exact) mass is 620 g/mol. The first-order chi connectivity index (χ1) is 21.9. The maximum Gasteiger partial charge on any atom is 0.338 e. The van der Waals surface area contributed by atoms with Gasteiger partial charge >= 0.3 is 5.97 Å². The van der Waals surface area contributed by atoms with Gasteiger partial charge in [-0.3, -0.25) is 9.36 Å². The molecule has 0 N–H and O–H groups in total. The molecule has 5 aromatic rings. The maximum absolute atomic E-state index is 14.2. The third-order valence-electron chi connectivity index (χ3n) is 7.51. The van der Waals surface area contributed by atoms with Gasteiger partial charge in [0, 0.05) is 17.3 Å². The van der Waals surface area contributed by atoms with Gasteiger partial charge in [-0.1, -0.05) is 48.6 Å². The van der Waals surface area contributed by atoms with Crippen molar-refractivity contribution in [2.75, 3.05) is 20.8 Å². The van der Waals surface area contributed by atoms with E-state index in [0.717, 1.165) is 34.5 Å². The second-order valence-electron chi connectivity index (χ2n) is 10.4. The standard InChI is InChI=1S/C35H32N4O5S/c1-5-19-44-28-17-11-23(12-18-28)31-25(21-38(37-31)26-9-7-6-8-10-26)20-29-33(40)39-32(24-13-15-27(42-3)16-14-24)30(34(41)43-4)22(2)36-35(39)45-29/h6-18,20-21,32H,5,19H2,1-4H3/b29-20-. The van der Waals surface area contributed by atoms with Gasteiger partial charge in [0.2, 0.25) is 0 Å². The predicted octanol–water partition coefficient (Wildman–Crippen LogP) is 5.06. The van der Waals surface area contributed by atoms with E-state index in [9.17, 15) is 9.59 Å². The molecular formula is C35H32N4O5S. The van der Waals surface area contributed by atoms with Crippen molar-refractivity contribution >= 4 is 23.4 Å². The first-order valence-electron chi connectivity index (χ1n) is 14.5. The molecule has 0 amide bonds. The molecule has 2 aromatic heterocycles. The Morgan fingerprint density at radius 3 is 2.36 bits per heavy atom. The van der Waals surface area contributed by atoms with Gasteiger partial charge in [0.05, 0.1) is 48.4 Å². The number of esters is 1. The number of hydrogen-bond donors (Lipinski definition) is 0. The summed E-state index contributed by atoms with van der Waals surface area (Å²) >= 11 is 1.27. The summed E-state index contributed by atoms with van der Waals surface area (Å²) in [5.41, 5.74) is 4.52. The highest BCUT2D eigenvalue weighted by molar-refractivity contribution is 7.07. The van der Waals surface area contributed by atoms with E-state index in [4.69, 9.17) is 19.3 Å². The van der Waals surface area contributed by atoms with E-state index in [1.165, 1.54) is 18.4 Å². The Hall–Kier alpha value is -5.22. The number of fused-ring (bicyclic) bond motifs is 1. The molecule has 10 heteroatoms. The molecule has 1 atom stereocenters. The van der Waals surface area contributed by atoms with Gasteiger partial charge in [-0.2, -0.15) is 5.10 Å². The summed E-state index contributed by atoms with van der Waals surface area (Å²) in [4.78, 5) is 32.4. The number of thiazole rings is 1. The molecule has 0 bridgehead atoms. The molecule has 0 saturated carbocycles. The fourth-order valence-electron chi connectivity index (χ4n) is 5.29. The molecule has 9 nitrogen and oxygen atoms in total. The van der Waals surface area contributed by atoms with Crippen molar-refractivity contribution < 1.29 is 19.0 Å². The number of nitrogens with zero attached hydrogens (tertiary/aromatic N) is 4. The van der Waals surface area contributed by atoms with Crippen LogP contribution in [0.5, 0.6) is 11.5 Å². The number of ether oxygens (including phenoxy) is 3. The molecule has 0 fully saturated rings. The van der Waals surface area contributed by atoms with E-state index in [1.807, 2.05) is 79.0 Å². The Labute approximate surface area is 264 Å². The highest BCUT2D eigenvalue weighted by atomic mass is 32.1. The fraction of sp³-hybridized carbons (Fsp3) is 0.200. The second kappa shape index (κ2) is 12.8. The summed E-state index contributed by atoms with van der Waals surface area (Å²) in [6.07, 6.45) is 4.68. The van der Waals surface area contributed by atoms with Crippen molar-refractivity contribution in [2.45, 2.75) is 26.3 Å². The number of para-hydroxylation sites is 1. The number of benzene rings is 3. The van der Waals surface area contributed by atoms with Gasteiger partial charge < -0.3 is 14.2 Å². The highest BCUT2D eigenvalue weighted by Gasteiger charge is 2.33. The maximum atomic E-state index is 14.2. The van der Waals surface area contributed by atoms with E-state index in [1.54, 1.807) is 35.4 Å². The van der Waals surface area contributed by atoms with E-state index in [2.05, 4.69) is 11.9 Å². The van der Waals surface area contributed by atoms with Gasteiger partial charge in [0.1, 0.15) is 17.2 Å². The number of carbonyl (C=O) groups is 1. The summed E-state index contributed by atoms with van der Waals surface area (Å²) < 4.78 is 20.1. The summed E-state index contributed by atoms with van der Waals surface area (Å²) in [6.45, 7) is 4.47. The molecule has 228 valence electrons. The smallest absolute Gasteiger partial charge is 0.338 e. The molecule has 45 heavy (non-hydrogen) atoms. The number of allylic oxidation sites excluding steroid dienone is 1. The topological polar surface area (TPSA) is 96.9 Å². The molecule has 1 unspecified atom stereocenters. The molecule has 1 aliphatic rings. The molecule has 0 spiro atoms. The van der Waals surface area contributed by atoms with Crippen LogP contribution < -0.4 is 24.4 Å². The van der Waals surface area contributed by atoms with Gasteiger partial charge in [-0.05, 0) is 73.5 Å². The lowest BCUT2D eigenvalue weighted by Gasteiger charge is -2.24. The molecule has 6 rings (SSSR count). The van der Waals surface area contributed by atoms with Crippen molar-refractivity contribution in [1.29, 1.82) is 0 Å². The summed E-state index contributed by atoms with van der Waals surface area (Å²) in [5, 5.41) is 4.92. The van der Waals surface area contributed by atoms with E-state index in [0.29, 0.717) is 38.7 Å². The van der Waals surface area contributed by atoms with Crippen molar-refractivity contribution in [2.24, 2.45) is 4.99 Å². The zero-order chi connectivity index (χ0) is 31.5. The minimum absolute atomic E-state index is 0.268. The van der Waals surface area contributed by atoms with Crippen LogP contribution in [0.1, 0.15) is 37.4 Å². The van der Waals surface area contributed by atoms with Crippen molar-refractivity contribution in [3.63, 3.8) is 0 Å². The fourth-order valence-corrected chi connectivity index (χ4v) is 6.33. The molecule has 3 heterocycles. The molecule has 1 aliphatic heterocycles. The average molecular weight is 621 g/mol. The van der Waals surface area contributed by atoms with Gasteiger partial charge in [0.15, 0.2) is 4.80 Å². The lowest BCUT2D eigenvalue weighted by atomic mass is 9.96. The van der Waals surface area contributed by atoms with Crippen LogP contribution in [0, 0.1) is 0 Å². The molecular weight excluding hydrogens is 588 g/mol. The van der Waals surface area contributed by atoms with E-state index in [-0.39, 0.29) is 5.56 Å². The van der Waals surface area contributed by atoms with Gasteiger partial charge in [-0.25, -0.2) is 14.5 Å². The van der Waals surface area contributed by atoms with Crippen LogP contribution >= 0.6 is 11.3 Å². The Morgan fingerprint density at radius 1 is 0.978 bits per heavy atom. The van der Waals surface area contributed by atoms with Crippen LogP contribution in [0.15, 0.2) is 106 Å². The molecule has 0 saturated heterocycles. The Morgan fingerprint density at radius 2 is 1.69 bits per heavy atom. The minimum Gasteiger partial charge on any atom is -0.497 e. The summed E-state index contributed by atoms with van der Waals surface area (Å²) in [6, 6.07) is 24.2. The van der Waals surface area contributed by atoms with Crippen molar-refractivity contribution in [3.05, 3.63) is 127 Å². The van der Waals surface area contributed by atoms with E-state index < -0.39 is 12.0 Å². The van der Waals surface area contributed by atoms with Gasteiger partial charge in [0.25, 0.3) is 5.56 Å². The van der Waals surface area contributed by atoms with Crippen molar-refractivity contribution in [3.8, 4) is 28.4 Å². The van der Waals surface area contributed by atoms with Crippen molar-refractivity contribution in [1.82, 2.24) is 14.3 Å². The van der Waals surface area contributed by atoms with Gasteiger partial charge in [-0.15, -0.1) is 0 Å². The molecule has 3 aromatic carbocycles. The third-order valence-corrected chi connectivity index (χ3v) is 8.49. The minimum atomic E-state index is -0.719. The third kappa shape index (κ3) is 5.84.